The van der Waals surface area contributed by atoms with Crippen LogP contribution in [-0.4, -0.2) is 44.4 Å². The molecule has 2 aromatic rings. The van der Waals surface area contributed by atoms with Crippen LogP contribution in [0.25, 0.3) is 10.9 Å². The Labute approximate surface area is 152 Å². The first kappa shape index (κ1) is 17.5. The van der Waals surface area contributed by atoms with E-state index in [-0.39, 0.29) is 17.6 Å². The minimum Gasteiger partial charge on any atom is -0.390 e. The van der Waals surface area contributed by atoms with Gasteiger partial charge in [0, 0.05) is 31.4 Å². The number of carbonyl (C=O) groups excluding carboxylic acids is 1. The van der Waals surface area contributed by atoms with Gasteiger partial charge in [0.15, 0.2) is 0 Å². The predicted octanol–water partition coefficient (Wildman–Crippen LogP) is 2.65. The Morgan fingerprint density at radius 2 is 2.04 bits per heavy atom. The van der Waals surface area contributed by atoms with Crippen molar-refractivity contribution in [2.45, 2.75) is 44.6 Å². The number of nitrogens with zero attached hydrogens (tertiary/aromatic N) is 3. The van der Waals surface area contributed by atoms with E-state index in [1.807, 2.05) is 18.0 Å². The highest BCUT2D eigenvalue weighted by atomic mass is 19.1. The fraction of sp³-hybridized carbons (Fsp3) is 0.600. The largest absolute Gasteiger partial charge is 0.390 e. The lowest BCUT2D eigenvalue weighted by molar-refractivity contribution is -0.151. The maximum Gasteiger partial charge on any atom is 0.225 e. The number of piperidine rings is 1. The van der Waals surface area contributed by atoms with Crippen molar-refractivity contribution in [3.8, 4) is 0 Å². The number of amides is 1. The van der Waals surface area contributed by atoms with Gasteiger partial charge in [0.25, 0.3) is 0 Å². The zero-order valence-corrected chi connectivity index (χ0v) is 15.4. The molecule has 1 N–H and O–H groups in total. The lowest BCUT2D eigenvalue weighted by Gasteiger charge is -2.43. The number of aryl methyl sites for hydroxylation is 1. The van der Waals surface area contributed by atoms with E-state index in [4.69, 9.17) is 0 Å². The second kappa shape index (κ2) is 6.34. The van der Waals surface area contributed by atoms with Gasteiger partial charge in [-0.3, -0.25) is 9.48 Å². The molecule has 2 heterocycles. The van der Waals surface area contributed by atoms with Gasteiger partial charge < -0.3 is 10.0 Å². The molecule has 6 heteroatoms. The highest BCUT2D eigenvalue weighted by Gasteiger charge is 2.44. The van der Waals surface area contributed by atoms with Gasteiger partial charge >= 0.3 is 0 Å². The van der Waals surface area contributed by atoms with E-state index in [2.05, 4.69) is 5.10 Å². The Kier molecular flexibility index (Phi) is 4.26. The number of benzene rings is 1. The number of rotatable bonds is 3. The maximum atomic E-state index is 14.4. The van der Waals surface area contributed by atoms with Crippen LogP contribution in [0.2, 0.25) is 0 Å². The van der Waals surface area contributed by atoms with E-state index in [0.717, 1.165) is 42.4 Å². The zero-order chi connectivity index (χ0) is 18.5. The van der Waals surface area contributed by atoms with Gasteiger partial charge in [0.2, 0.25) is 5.91 Å². The molecule has 1 saturated heterocycles. The van der Waals surface area contributed by atoms with E-state index in [0.29, 0.717) is 25.2 Å². The molecule has 140 valence electrons. The highest BCUT2D eigenvalue weighted by molar-refractivity contribution is 5.80. The molecule has 5 nitrogen and oxygen atoms in total. The molecular weight excluding hydrogens is 333 g/mol. The van der Waals surface area contributed by atoms with E-state index >= 15 is 0 Å². The normalized spacial score (nSPS) is 26.9. The first-order valence-corrected chi connectivity index (χ1v) is 9.44. The number of likely N-dealkylation sites (tertiary alicyclic amines) is 1. The first-order chi connectivity index (χ1) is 12.3. The SMILES string of the molecule is Cn1ncc2cc(F)c(CC3CCN(C(=O)[C@H]4C[C@@](C)(O)C4)CC3)cc21. The average Bonchev–Trinajstić information content (AvgIpc) is 2.93. The molecule has 2 aliphatic rings. The van der Waals surface area contributed by atoms with Gasteiger partial charge in [-0.15, -0.1) is 0 Å². The number of aliphatic hydroxyl groups is 1. The summed E-state index contributed by atoms with van der Waals surface area (Å²) in [7, 11) is 1.87. The van der Waals surface area contributed by atoms with Crippen LogP contribution in [0.5, 0.6) is 0 Å². The van der Waals surface area contributed by atoms with E-state index in [9.17, 15) is 14.3 Å². The van der Waals surface area contributed by atoms with Crippen LogP contribution in [0.3, 0.4) is 0 Å². The molecular formula is C20H26FN3O2. The van der Waals surface area contributed by atoms with Gasteiger partial charge in [-0.05, 0) is 62.6 Å². The summed E-state index contributed by atoms with van der Waals surface area (Å²) in [6.07, 6.45) is 5.33. The third-order valence-corrected chi connectivity index (χ3v) is 6.07. The first-order valence-electron chi connectivity index (χ1n) is 9.44. The van der Waals surface area contributed by atoms with E-state index in [1.165, 1.54) is 0 Å². The number of aromatic nitrogens is 2. The fourth-order valence-electron chi connectivity index (χ4n) is 4.47. The summed E-state index contributed by atoms with van der Waals surface area (Å²) in [5.74, 6) is 0.383. The molecule has 26 heavy (non-hydrogen) atoms. The van der Waals surface area contributed by atoms with Crippen LogP contribution >= 0.6 is 0 Å². The average molecular weight is 359 g/mol. The number of carbonyl (C=O) groups is 1. The Hall–Kier alpha value is -1.95. The van der Waals surface area contributed by atoms with Crippen molar-refractivity contribution in [1.29, 1.82) is 0 Å². The summed E-state index contributed by atoms with van der Waals surface area (Å²) in [6, 6.07) is 3.48. The van der Waals surface area contributed by atoms with Crippen LogP contribution in [-0.2, 0) is 18.3 Å². The van der Waals surface area contributed by atoms with Gasteiger partial charge in [0.1, 0.15) is 5.82 Å². The predicted molar refractivity (Wildman–Crippen MR) is 97.0 cm³/mol. The summed E-state index contributed by atoms with van der Waals surface area (Å²) in [5, 5.41) is 14.8. The summed E-state index contributed by atoms with van der Waals surface area (Å²) >= 11 is 0. The smallest absolute Gasteiger partial charge is 0.225 e. The molecule has 1 aromatic heterocycles. The third-order valence-electron chi connectivity index (χ3n) is 6.07. The fourth-order valence-corrected chi connectivity index (χ4v) is 4.47. The Morgan fingerprint density at radius 3 is 2.69 bits per heavy atom. The Balaban J connectivity index is 1.36. The summed E-state index contributed by atoms with van der Waals surface area (Å²) in [6.45, 7) is 3.26. The number of fused-ring (bicyclic) bond motifs is 1. The molecule has 0 spiro atoms. The summed E-state index contributed by atoms with van der Waals surface area (Å²) < 4.78 is 16.2. The van der Waals surface area contributed by atoms with Crippen molar-refractivity contribution in [3.05, 3.63) is 29.7 Å². The molecule has 0 unspecified atom stereocenters. The molecule has 1 amide bonds. The number of halogens is 1. The van der Waals surface area contributed by atoms with Crippen molar-refractivity contribution in [1.82, 2.24) is 14.7 Å². The quantitative estimate of drug-likeness (QED) is 0.917. The topological polar surface area (TPSA) is 58.4 Å². The summed E-state index contributed by atoms with van der Waals surface area (Å²) in [4.78, 5) is 14.4. The Morgan fingerprint density at radius 1 is 1.35 bits per heavy atom. The molecule has 1 aliphatic carbocycles. The van der Waals surface area contributed by atoms with Crippen LogP contribution in [0.15, 0.2) is 18.3 Å². The lowest BCUT2D eigenvalue weighted by Crippen LogP contribution is -2.51. The number of hydrogen-bond acceptors (Lipinski definition) is 3. The van der Waals surface area contributed by atoms with Crippen LogP contribution < -0.4 is 0 Å². The maximum absolute atomic E-state index is 14.4. The molecule has 2 fully saturated rings. The van der Waals surface area contributed by atoms with Gasteiger partial charge in [0.05, 0.1) is 17.3 Å². The molecule has 0 atom stereocenters. The van der Waals surface area contributed by atoms with E-state index in [1.54, 1.807) is 23.9 Å². The molecule has 1 aromatic carbocycles. The second-order valence-electron chi connectivity index (χ2n) is 8.35. The van der Waals surface area contributed by atoms with Crippen molar-refractivity contribution in [2.75, 3.05) is 13.1 Å². The second-order valence-corrected chi connectivity index (χ2v) is 8.35. The standard InChI is InChI=1S/C20H26FN3O2/c1-20(26)10-16(11-20)19(25)24-5-3-13(4-6-24)7-14-9-18-15(8-17(14)21)12-22-23(18)2/h8-9,12-13,16,26H,3-7,10-11H2,1-2H3/t16-,20+. The zero-order valence-electron chi connectivity index (χ0n) is 15.4. The van der Waals surface area contributed by atoms with Crippen LogP contribution in [0, 0.1) is 17.7 Å². The van der Waals surface area contributed by atoms with Crippen molar-refractivity contribution in [3.63, 3.8) is 0 Å². The van der Waals surface area contributed by atoms with Crippen LogP contribution in [0.1, 0.15) is 38.2 Å². The van der Waals surface area contributed by atoms with Crippen molar-refractivity contribution < 1.29 is 14.3 Å². The van der Waals surface area contributed by atoms with Crippen molar-refractivity contribution >= 4 is 16.8 Å². The molecule has 1 aliphatic heterocycles. The van der Waals surface area contributed by atoms with Gasteiger partial charge in [-0.1, -0.05) is 0 Å². The monoisotopic (exact) mass is 359 g/mol. The number of hydrogen-bond donors (Lipinski definition) is 1. The van der Waals surface area contributed by atoms with Crippen molar-refractivity contribution in [2.24, 2.45) is 18.9 Å². The van der Waals surface area contributed by atoms with Crippen LogP contribution in [0.4, 0.5) is 4.39 Å². The third kappa shape index (κ3) is 3.22. The summed E-state index contributed by atoms with van der Waals surface area (Å²) in [5.41, 5.74) is 1.02. The lowest BCUT2D eigenvalue weighted by atomic mass is 9.71. The minimum absolute atomic E-state index is 0.0220. The van der Waals surface area contributed by atoms with Gasteiger partial charge in [-0.25, -0.2) is 4.39 Å². The Bertz CT molecular complexity index is 829. The highest BCUT2D eigenvalue weighted by Crippen LogP contribution is 2.39. The minimum atomic E-state index is -0.666. The molecule has 4 rings (SSSR count). The molecule has 1 saturated carbocycles. The molecule has 0 radical (unpaired) electrons. The van der Waals surface area contributed by atoms with E-state index < -0.39 is 5.60 Å². The van der Waals surface area contributed by atoms with Gasteiger partial charge in [-0.2, -0.15) is 5.10 Å². The molecule has 0 bridgehead atoms.